The van der Waals surface area contributed by atoms with Crippen molar-refractivity contribution in [3.05, 3.63) is 34.7 Å². The summed E-state index contributed by atoms with van der Waals surface area (Å²) in [6.45, 7) is 6.55. The minimum atomic E-state index is -0.158. The van der Waals surface area contributed by atoms with Crippen LogP contribution in [0, 0.1) is 12.8 Å². The summed E-state index contributed by atoms with van der Waals surface area (Å²) in [7, 11) is 0. The maximum atomic E-state index is 12.5. The lowest BCUT2D eigenvalue weighted by Crippen LogP contribution is -2.48. The van der Waals surface area contributed by atoms with E-state index in [1.807, 2.05) is 36.6 Å². The van der Waals surface area contributed by atoms with Crippen LogP contribution in [0.3, 0.4) is 0 Å². The van der Waals surface area contributed by atoms with Crippen molar-refractivity contribution in [3.63, 3.8) is 0 Å². The highest BCUT2D eigenvalue weighted by atomic mass is 32.1. The predicted octanol–water partition coefficient (Wildman–Crippen LogP) is 3.74. The van der Waals surface area contributed by atoms with Crippen LogP contribution in [0.2, 0.25) is 0 Å². The van der Waals surface area contributed by atoms with Crippen molar-refractivity contribution < 1.29 is 9.53 Å². The summed E-state index contributed by atoms with van der Waals surface area (Å²) in [5.41, 5.74) is 2.74. The normalized spacial score (nSPS) is 21.0. The highest BCUT2D eigenvalue weighted by Crippen LogP contribution is 2.25. The third-order valence-corrected chi connectivity index (χ3v) is 6.40. The highest BCUT2D eigenvalue weighted by Gasteiger charge is 2.32. The molecule has 2 aromatic rings. The lowest BCUT2D eigenvalue weighted by atomic mass is 9.97. The number of likely N-dealkylation sites (tertiary alicyclic amines) is 1. The monoisotopic (exact) mass is 400 g/mol. The van der Waals surface area contributed by atoms with E-state index in [1.165, 1.54) is 12.8 Å². The van der Waals surface area contributed by atoms with Crippen molar-refractivity contribution >= 4 is 23.1 Å². The van der Waals surface area contributed by atoms with Crippen molar-refractivity contribution in [1.82, 2.24) is 15.2 Å². The van der Waals surface area contributed by atoms with Gasteiger partial charge in [-0.15, -0.1) is 11.3 Å². The molecule has 3 heterocycles. The molecule has 2 atom stereocenters. The van der Waals surface area contributed by atoms with Gasteiger partial charge in [-0.25, -0.2) is 9.78 Å². The van der Waals surface area contributed by atoms with Gasteiger partial charge in [-0.2, -0.15) is 0 Å². The van der Waals surface area contributed by atoms with Crippen molar-refractivity contribution in [2.45, 2.75) is 32.2 Å². The minimum absolute atomic E-state index is 0.158. The summed E-state index contributed by atoms with van der Waals surface area (Å²) >= 11 is 1.63. The molecule has 0 aliphatic carbocycles. The number of aromatic nitrogens is 1. The van der Waals surface area contributed by atoms with Crippen LogP contribution in [-0.2, 0) is 4.74 Å². The van der Waals surface area contributed by atoms with E-state index < -0.39 is 0 Å². The Kier molecular flexibility index (Phi) is 6.24. The van der Waals surface area contributed by atoms with Crippen LogP contribution in [-0.4, -0.2) is 54.8 Å². The zero-order valence-electron chi connectivity index (χ0n) is 16.3. The number of carbonyl (C=O) groups excluding carboxylic acids is 1. The SMILES string of the molecule is Cc1nc(-c2cccc(NC(=O)NCC(C3CCOC3)N3CCCC3)c2)cs1. The number of ether oxygens (including phenoxy) is 1. The fourth-order valence-electron chi connectivity index (χ4n) is 4.15. The number of aryl methyl sites for hydroxylation is 1. The summed E-state index contributed by atoms with van der Waals surface area (Å²) in [5, 5.41) is 9.14. The molecule has 2 aliphatic heterocycles. The van der Waals surface area contributed by atoms with Gasteiger partial charge in [-0.1, -0.05) is 12.1 Å². The van der Waals surface area contributed by atoms with E-state index in [-0.39, 0.29) is 6.03 Å². The predicted molar refractivity (Wildman–Crippen MR) is 113 cm³/mol. The molecule has 2 aliphatic rings. The van der Waals surface area contributed by atoms with E-state index in [0.29, 0.717) is 18.5 Å². The standard InChI is InChI=1S/C21H28N4O2S/c1-15-23-19(14-28-15)16-5-4-6-18(11-16)24-21(26)22-12-20(17-7-10-27-13-17)25-8-2-3-9-25/h4-6,11,14,17,20H,2-3,7-10,12-13H2,1H3,(H2,22,24,26). The van der Waals surface area contributed by atoms with Crippen molar-refractivity contribution in [2.24, 2.45) is 5.92 Å². The Bertz CT molecular complexity index is 781. The Morgan fingerprint density at radius 3 is 2.96 bits per heavy atom. The zero-order valence-corrected chi connectivity index (χ0v) is 17.1. The molecule has 150 valence electrons. The molecule has 0 saturated carbocycles. The highest BCUT2D eigenvalue weighted by molar-refractivity contribution is 7.09. The van der Waals surface area contributed by atoms with Gasteiger partial charge in [-0.3, -0.25) is 4.90 Å². The molecule has 2 unspecified atom stereocenters. The maximum absolute atomic E-state index is 12.5. The third kappa shape index (κ3) is 4.71. The number of urea groups is 1. The first-order chi connectivity index (χ1) is 13.7. The quantitative estimate of drug-likeness (QED) is 0.775. The first-order valence-electron chi connectivity index (χ1n) is 10.1. The number of thiazole rings is 1. The molecule has 2 amide bonds. The number of anilines is 1. The summed E-state index contributed by atoms with van der Waals surface area (Å²) in [4.78, 5) is 19.6. The number of hydrogen-bond donors (Lipinski definition) is 2. The van der Waals surface area contributed by atoms with E-state index in [0.717, 1.165) is 54.7 Å². The molecule has 28 heavy (non-hydrogen) atoms. The molecule has 0 spiro atoms. The number of hydrogen-bond acceptors (Lipinski definition) is 5. The van der Waals surface area contributed by atoms with Crippen LogP contribution in [0.4, 0.5) is 10.5 Å². The Hall–Kier alpha value is -1.96. The summed E-state index contributed by atoms with van der Waals surface area (Å²) in [5.74, 6) is 0.509. The van der Waals surface area contributed by atoms with Crippen LogP contribution in [0.25, 0.3) is 11.3 Å². The van der Waals surface area contributed by atoms with Crippen molar-refractivity contribution in [3.8, 4) is 11.3 Å². The van der Waals surface area contributed by atoms with E-state index in [9.17, 15) is 4.79 Å². The molecule has 2 saturated heterocycles. The molecule has 7 heteroatoms. The van der Waals surface area contributed by atoms with Gasteiger partial charge in [0.25, 0.3) is 0 Å². The first-order valence-corrected chi connectivity index (χ1v) is 11.0. The van der Waals surface area contributed by atoms with Gasteiger partial charge < -0.3 is 15.4 Å². The van der Waals surface area contributed by atoms with E-state index in [2.05, 4.69) is 20.5 Å². The number of nitrogens with zero attached hydrogens (tertiary/aromatic N) is 2. The Morgan fingerprint density at radius 2 is 2.25 bits per heavy atom. The van der Waals surface area contributed by atoms with E-state index in [4.69, 9.17) is 4.74 Å². The fourth-order valence-corrected chi connectivity index (χ4v) is 4.77. The molecular formula is C21H28N4O2S. The number of benzene rings is 1. The molecule has 2 fully saturated rings. The average Bonchev–Trinajstić information content (AvgIpc) is 3.45. The Balaban J connectivity index is 1.35. The van der Waals surface area contributed by atoms with Gasteiger partial charge in [0, 0.05) is 41.7 Å². The number of amides is 2. The lowest BCUT2D eigenvalue weighted by molar-refractivity contribution is 0.135. The average molecular weight is 401 g/mol. The number of carbonyl (C=O) groups is 1. The lowest BCUT2D eigenvalue weighted by Gasteiger charge is -2.31. The van der Waals surface area contributed by atoms with E-state index in [1.54, 1.807) is 11.3 Å². The molecule has 0 bridgehead atoms. The summed E-state index contributed by atoms with van der Waals surface area (Å²) in [6.07, 6.45) is 3.58. The van der Waals surface area contributed by atoms with Gasteiger partial charge in [0.1, 0.15) is 0 Å². The van der Waals surface area contributed by atoms with E-state index >= 15 is 0 Å². The summed E-state index contributed by atoms with van der Waals surface area (Å²) in [6, 6.07) is 8.04. The molecule has 2 N–H and O–H groups in total. The minimum Gasteiger partial charge on any atom is -0.381 e. The molecule has 1 aromatic carbocycles. The van der Waals surface area contributed by atoms with Gasteiger partial charge in [0.05, 0.1) is 17.3 Å². The molecule has 6 nitrogen and oxygen atoms in total. The van der Waals surface area contributed by atoms with Crippen LogP contribution >= 0.6 is 11.3 Å². The Morgan fingerprint density at radius 1 is 1.39 bits per heavy atom. The second kappa shape index (κ2) is 9.03. The smallest absolute Gasteiger partial charge is 0.319 e. The second-order valence-corrected chi connectivity index (χ2v) is 8.66. The first kappa shape index (κ1) is 19.4. The number of nitrogens with one attached hydrogen (secondary N) is 2. The van der Waals surface area contributed by atoms with Crippen LogP contribution in [0.15, 0.2) is 29.6 Å². The Labute approximate surface area is 170 Å². The second-order valence-electron chi connectivity index (χ2n) is 7.60. The largest absolute Gasteiger partial charge is 0.381 e. The summed E-state index contributed by atoms with van der Waals surface area (Å²) < 4.78 is 5.60. The topological polar surface area (TPSA) is 66.5 Å². The van der Waals surface area contributed by atoms with Gasteiger partial charge in [0.15, 0.2) is 0 Å². The zero-order chi connectivity index (χ0) is 19.3. The van der Waals surface area contributed by atoms with Gasteiger partial charge >= 0.3 is 6.03 Å². The maximum Gasteiger partial charge on any atom is 0.319 e. The molecule has 0 radical (unpaired) electrons. The fraction of sp³-hybridized carbons (Fsp3) is 0.524. The van der Waals surface area contributed by atoms with Crippen LogP contribution in [0.1, 0.15) is 24.3 Å². The van der Waals surface area contributed by atoms with Crippen LogP contribution in [0.5, 0.6) is 0 Å². The van der Waals surface area contributed by atoms with Crippen LogP contribution < -0.4 is 10.6 Å². The van der Waals surface area contributed by atoms with Crippen molar-refractivity contribution in [2.75, 3.05) is 38.2 Å². The molecule has 1 aromatic heterocycles. The molecule has 4 rings (SSSR count). The number of rotatable bonds is 6. The molecular weight excluding hydrogens is 372 g/mol. The van der Waals surface area contributed by atoms with Gasteiger partial charge in [0.2, 0.25) is 0 Å². The third-order valence-electron chi connectivity index (χ3n) is 5.63. The van der Waals surface area contributed by atoms with Crippen molar-refractivity contribution in [1.29, 1.82) is 0 Å². The van der Waals surface area contributed by atoms with Gasteiger partial charge in [-0.05, 0) is 51.4 Å².